The predicted octanol–water partition coefficient (Wildman–Crippen LogP) is 5.22. The molecule has 122 valence electrons. The summed E-state index contributed by atoms with van der Waals surface area (Å²) in [6.07, 6.45) is 0. The van der Waals surface area contributed by atoms with E-state index < -0.39 is 0 Å². The van der Waals surface area contributed by atoms with E-state index in [4.69, 9.17) is 0 Å². The maximum absolute atomic E-state index is 3.65. The quantitative estimate of drug-likeness (QED) is 0.568. The summed E-state index contributed by atoms with van der Waals surface area (Å²) in [6.45, 7) is 13.3. The third-order valence-corrected chi connectivity index (χ3v) is 6.86. The average Bonchev–Trinajstić information content (AvgIpc) is 3.10. The third kappa shape index (κ3) is 5.46. The van der Waals surface area contributed by atoms with Crippen LogP contribution in [0, 0.1) is 6.92 Å². The Morgan fingerprint density at radius 3 is 2.27 bits per heavy atom. The standard InChI is InChI=1S/C17H25BrN2S2/c1-4-19(5-2)8-9-20(12-15-7-6-10-21-15)13-16-11-14(3)17(18)22-16/h6-7,10-11H,4-5,8-9,12-13H2,1-3H3. The fourth-order valence-electron chi connectivity index (χ4n) is 2.48. The van der Waals surface area contributed by atoms with Crippen LogP contribution in [-0.4, -0.2) is 36.0 Å². The highest BCUT2D eigenvalue weighted by atomic mass is 79.9. The van der Waals surface area contributed by atoms with Gasteiger partial charge in [0.05, 0.1) is 3.79 Å². The van der Waals surface area contributed by atoms with Crippen molar-refractivity contribution in [1.82, 2.24) is 9.80 Å². The largest absolute Gasteiger partial charge is 0.303 e. The molecule has 2 nitrogen and oxygen atoms in total. The van der Waals surface area contributed by atoms with E-state index >= 15 is 0 Å². The zero-order valence-electron chi connectivity index (χ0n) is 13.6. The van der Waals surface area contributed by atoms with Gasteiger partial charge in [-0.2, -0.15) is 0 Å². The van der Waals surface area contributed by atoms with E-state index in [0.29, 0.717) is 0 Å². The smallest absolute Gasteiger partial charge is 0.0730 e. The highest BCUT2D eigenvalue weighted by Crippen LogP contribution is 2.28. The van der Waals surface area contributed by atoms with Gasteiger partial charge in [0.15, 0.2) is 0 Å². The number of hydrogen-bond donors (Lipinski definition) is 0. The van der Waals surface area contributed by atoms with Crippen LogP contribution in [0.3, 0.4) is 0 Å². The Kier molecular flexibility index (Phi) is 7.57. The van der Waals surface area contributed by atoms with E-state index in [-0.39, 0.29) is 0 Å². The summed E-state index contributed by atoms with van der Waals surface area (Å²) in [6, 6.07) is 6.70. The third-order valence-electron chi connectivity index (χ3n) is 3.87. The van der Waals surface area contributed by atoms with E-state index in [1.165, 1.54) is 19.1 Å². The first-order chi connectivity index (χ1) is 10.6. The molecule has 2 rings (SSSR count). The Bertz CT molecular complexity index is 528. The van der Waals surface area contributed by atoms with Gasteiger partial charge in [0.1, 0.15) is 0 Å². The minimum atomic E-state index is 1.04. The summed E-state index contributed by atoms with van der Waals surface area (Å²) < 4.78 is 1.27. The molecule has 5 heteroatoms. The van der Waals surface area contributed by atoms with Gasteiger partial charge in [-0.1, -0.05) is 19.9 Å². The first-order valence-electron chi connectivity index (χ1n) is 7.84. The first kappa shape index (κ1) is 18.1. The van der Waals surface area contributed by atoms with Crippen LogP contribution < -0.4 is 0 Å². The monoisotopic (exact) mass is 400 g/mol. The fourth-order valence-corrected chi connectivity index (χ4v) is 4.90. The van der Waals surface area contributed by atoms with Crippen LogP contribution >= 0.6 is 38.6 Å². The first-order valence-corrected chi connectivity index (χ1v) is 10.3. The molecule has 0 spiro atoms. The SMILES string of the molecule is CCN(CC)CCN(Cc1cccs1)Cc1cc(C)c(Br)s1. The number of likely N-dealkylation sites (N-methyl/N-ethyl adjacent to an activating group) is 1. The molecular formula is C17H25BrN2S2. The summed E-state index contributed by atoms with van der Waals surface area (Å²) in [4.78, 5) is 7.96. The van der Waals surface area contributed by atoms with Gasteiger partial charge in [-0.25, -0.2) is 0 Å². The molecule has 2 aromatic heterocycles. The minimum Gasteiger partial charge on any atom is -0.303 e. The van der Waals surface area contributed by atoms with Crippen LogP contribution in [0.25, 0.3) is 0 Å². The van der Waals surface area contributed by atoms with Crippen LogP contribution in [0.4, 0.5) is 0 Å². The highest BCUT2D eigenvalue weighted by molar-refractivity contribution is 9.11. The van der Waals surface area contributed by atoms with Gasteiger partial charge in [-0.15, -0.1) is 22.7 Å². The molecule has 0 aliphatic heterocycles. The summed E-state index contributed by atoms with van der Waals surface area (Å²) in [7, 11) is 0. The molecule has 0 bridgehead atoms. The van der Waals surface area contributed by atoms with Crippen LogP contribution in [0.2, 0.25) is 0 Å². The molecule has 22 heavy (non-hydrogen) atoms. The zero-order valence-corrected chi connectivity index (χ0v) is 16.9. The predicted molar refractivity (Wildman–Crippen MR) is 103 cm³/mol. The van der Waals surface area contributed by atoms with E-state index in [2.05, 4.69) is 70.1 Å². The average molecular weight is 401 g/mol. The number of nitrogens with zero attached hydrogens (tertiary/aromatic N) is 2. The number of thiophene rings is 2. The van der Waals surface area contributed by atoms with Crippen LogP contribution in [0.1, 0.15) is 29.2 Å². The highest BCUT2D eigenvalue weighted by Gasteiger charge is 2.12. The molecule has 0 atom stereocenters. The van der Waals surface area contributed by atoms with Gasteiger partial charge >= 0.3 is 0 Å². The normalized spacial score (nSPS) is 11.7. The molecule has 0 aliphatic rings. The summed E-state index contributed by atoms with van der Waals surface area (Å²) in [5.74, 6) is 0. The maximum Gasteiger partial charge on any atom is 0.0730 e. The van der Waals surface area contributed by atoms with Crippen LogP contribution in [0.15, 0.2) is 27.4 Å². The van der Waals surface area contributed by atoms with Crippen molar-refractivity contribution < 1.29 is 0 Å². The molecule has 0 saturated heterocycles. The second kappa shape index (κ2) is 9.18. The van der Waals surface area contributed by atoms with Gasteiger partial charge in [-0.05, 0) is 59.0 Å². The van der Waals surface area contributed by atoms with Gasteiger partial charge in [0, 0.05) is 35.9 Å². The molecule has 0 aromatic carbocycles. The molecular weight excluding hydrogens is 376 g/mol. The van der Waals surface area contributed by atoms with E-state index in [1.54, 1.807) is 0 Å². The molecule has 0 saturated carbocycles. The number of aryl methyl sites for hydroxylation is 1. The van der Waals surface area contributed by atoms with Crippen molar-refractivity contribution in [2.45, 2.75) is 33.9 Å². The lowest BCUT2D eigenvalue weighted by atomic mass is 10.3. The Labute approximate surface area is 150 Å². The molecule has 2 heterocycles. The molecule has 2 aromatic rings. The Morgan fingerprint density at radius 2 is 1.73 bits per heavy atom. The maximum atomic E-state index is 3.65. The Morgan fingerprint density at radius 1 is 1.05 bits per heavy atom. The van der Waals surface area contributed by atoms with Crippen molar-refractivity contribution in [3.8, 4) is 0 Å². The Hall–Kier alpha value is -0.200. The van der Waals surface area contributed by atoms with Crippen molar-refractivity contribution in [2.24, 2.45) is 0 Å². The van der Waals surface area contributed by atoms with E-state index in [1.807, 2.05) is 22.7 Å². The second-order valence-corrected chi connectivity index (χ2v) is 8.97. The van der Waals surface area contributed by atoms with Crippen LogP contribution in [0.5, 0.6) is 0 Å². The van der Waals surface area contributed by atoms with Gasteiger partial charge in [0.2, 0.25) is 0 Å². The second-order valence-electron chi connectivity index (χ2n) is 5.49. The van der Waals surface area contributed by atoms with Crippen molar-refractivity contribution in [1.29, 1.82) is 0 Å². The summed E-state index contributed by atoms with van der Waals surface area (Å²) >= 11 is 7.37. The Balaban J connectivity index is 2.00. The van der Waals surface area contributed by atoms with Crippen molar-refractivity contribution in [3.05, 3.63) is 42.7 Å². The number of rotatable bonds is 9. The topological polar surface area (TPSA) is 6.48 Å². The fraction of sp³-hybridized carbons (Fsp3) is 0.529. The van der Waals surface area contributed by atoms with Gasteiger partial charge in [0.25, 0.3) is 0 Å². The minimum absolute atomic E-state index is 1.04. The summed E-state index contributed by atoms with van der Waals surface area (Å²) in [5, 5.41) is 2.17. The van der Waals surface area contributed by atoms with Gasteiger partial charge in [-0.3, -0.25) is 4.90 Å². The summed E-state index contributed by atoms with van der Waals surface area (Å²) in [5.41, 5.74) is 1.35. The van der Waals surface area contributed by atoms with E-state index in [9.17, 15) is 0 Å². The van der Waals surface area contributed by atoms with Crippen molar-refractivity contribution in [2.75, 3.05) is 26.2 Å². The lowest BCUT2D eigenvalue weighted by molar-refractivity contribution is 0.204. The van der Waals surface area contributed by atoms with Crippen molar-refractivity contribution in [3.63, 3.8) is 0 Å². The van der Waals surface area contributed by atoms with Crippen molar-refractivity contribution >= 4 is 38.6 Å². The lowest BCUT2D eigenvalue weighted by Crippen LogP contribution is -2.34. The molecule has 0 radical (unpaired) electrons. The molecule has 0 unspecified atom stereocenters. The molecule has 0 N–H and O–H groups in total. The molecule has 0 amide bonds. The van der Waals surface area contributed by atoms with Gasteiger partial charge < -0.3 is 4.90 Å². The van der Waals surface area contributed by atoms with E-state index in [0.717, 1.165) is 39.3 Å². The van der Waals surface area contributed by atoms with Crippen LogP contribution in [-0.2, 0) is 13.1 Å². The number of hydrogen-bond acceptors (Lipinski definition) is 4. The number of halogens is 1. The lowest BCUT2D eigenvalue weighted by Gasteiger charge is -2.25. The molecule has 0 aliphatic carbocycles. The molecule has 0 fully saturated rings. The zero-order chi connectivity index (χ0) is 15.9.